The third-order valence-corrected chi connectivity index (χ3v) is 8.85. The number of para-hydroxylation sites is 1. The summed E-state index contributed by atoms with van der Waals surface area (Å²) in [5, 5.41) is 10.3. The lowest BCUT2D eigenvalue weighted by atomic mass is 9.69. The van der Waals surface area contributed by atoms with Crippen LogP contribution in [-0.2, 0) is 14.3 Å². The molecule has 3 aliphatic rings. The summed E-state index contributed by atoms with van der Waals surface area (Å²) in [6.45, 7) is 0.769. The number of phenolic OH excluding ortho intramolecular Hbond substituents is 1. The number of likely N-dealkylation sites (tertiary alicyclic amines) is 1. The lowest BCUT2D eigenvalue weighted by Crippen LogP contribution is -2.35. The van der Waals surface area contributed by atoms with Gasteiger partial charge < -0.3 is 14.6 Å². The van der Waals surface area contributed by atoms with Crippen LogP contribution < -0.4 is 4.74 Å². The largest absolute Gasteiger partial charge is 0.508 e. The van der Waals surface area contributed by atoms with Gasteiger partial charge in [-0.15, -0.1) is 0 Å². The van der Waals surface area contributed by atoms with Gasteiger partial charge in [-0.3, -0.25) is 14.5 Å². The molecule has 0 aromatic heterocycles. The number of hydrogen-bond donors (Lipinski definition) is 1. The number of nitrogens with zero attached hydrogens (tertiary/aromatic N) is 1. The zero-order valence-corrected chi connectivity index (χ0v) is 23.6. The van der Waals surface area contributed by atoms with Gasteiger partial charge in [0.25, 0.3) is 0 Å². The minimum absolute atomic E-state index is 0.110. The van der Waals surface area contributed by atoms with E-state index >= 15 is 0 Å². The van der Waals surface area contributed by atoms with Crippen LogP contribution >= 0.6 is 11.6 Å². The van der Waals surface area contributed by atoms with E-state index in [2.05, 4.69) is 18.2 Å². The van der Waals surface area contributed by atoms with Crippen LogP contribution in [0.15, 0.2) is 90.0 Å². The van der Waals surface area contributed by atoms with Gasteiger partial charge in [0.1, 0.15) is 18.1 Å². The first-order chi connectivity index (χ1) is 19.9. The Balaban J connectivity index is 1.31. The number of imide groups is 1. The quantitative estimate of drug-likeness (QED) is 0.193. The van der Waals surface area contributed by atoms with Crippen molar-refractivity contribution in [3.05, 3.63) is 106 Å². The van der Waals surface area contributed by atoms with Gasteiger partial charge >= 0.3 is 0 Å². The van der Waals surface area contributed by atoms with Crippen molar-refractivity contribution in [2.45, 2.75) is 25.4 Å². The van der Waals surface area contributed by atoms with Crippen molar-refractivity contribution in [1.29, 1.82) is 0 Å². The highest BCUT2D eigenvalue weighted by Gasteiger charge is 2.56. The summed E-state index contributed by atoms with van der Waals surface area (Å²) < 4.78 is 12.6. The van der Waals surface area contributed by atoms with Gasteiger partial charge in [0.15, 0.2) is 0 Å². The lowest BCUT2D eigenvalue weighted by Gasteiger charge is -2.32. The highest BCUT2D eigenvalue weighted by atomic mass is 35.5. The van der Waals surface area contributed by atoms with Crippen LogP contribution in [0.4, 0.5) is 0 Å². The minimum atomic E-state index is -0.382. The molecule has 0 spiro atoms. The van der Waals surface area contributed by atoms with Crippen LogP contribution in [0.3, 0.4) is 0 Å². The molecule has 210 valence electrons. The van der Waals surface area contributed by atoms with Crippen LogP contribution in [0.5, 0.6) is 11.5 Å². The maximum atomic E-state index is 13.2. The van der Waals surface area contributed by atoms with Gasteiger partial charge in [-0.1, -0.05) is 60.1 Å². The van der Waals surface area contributed by atoms with Crippen molar-refractivity contribution in [1.82, 2.24) is 4.90 Å². The van der Waals surface area contributed by atoms with Gasteiger partial charge in [-0.05, 0) is 83.5 Å². The number of halogens is 1. The Morgan fingerprint density at radius 3 is 2.49 bits per heavy atom. The van der Waals surface area contributed by atoms with Gasteiger partial charge in [-0.2, -0.15) is 0 Å². The second-order valence-corrected chi connectivity index (χ2v) is 11.3. The maximum absolute atomic E-state index is 13.2. The number of fused-ring (bicyclic) bond motifs is 3. The van der Waals surface area contributed by atoms with Gasteiger partial charge in [0.2, 0.25) is 11.8 Å². The predicted octanol–water partition coefficient (Wildman–Crippen LogP) is 6.39. The minimum Gasteiger partial charge on any atom is -0.508 e. The van der Waals surface area contributed by atoms with Crippen molar-refractivity contribution in [3.8, 4) is 11.5 Å². The molecule has 0 unspecified atom stereocenters. The fraction of sp³-hybridized carbons (Fsp3) is 0.294. The molecular formula is C34H32ClNO5. The van der Waals surface area contributed by atoms with E-state index in [1.165, 1.54) is 4.90 Å². The number of amides is 2. The Morgan fingerprint density at radius 1 is 1.02 bits per heavy atom. The van der Waals surface area contributed by atoms with E-state index in [0.29, 0.717) is 37.5 Å². The summed E-state index contributed by atoms with van der Waals surface area (Å²) in [5.41, 5.74) is 5.17. The molecule has 3 aromatic carbocycles. The Kier molecular flexibility index (Phi) is 7.69. The Bertz CT molecular complexity index is 1520. The fourth-order valence-electron chi connectivity index (χ4n) is 6.51. The molecule has 2 aliphatic heterocycles. The number of hydrogen-bond acceptors (Lipinski definition) is 5. The Labute approximate surface area is 244 Å². The molecule has 2 amide bonds. The summed E-state index contributed by atoms with van der Waals surface area (Å²) in [6, 6.07) is 24.8. The molecule has 0 radical (unpaired) electrons. The first-order valence-electron chi connectivity index (χ1n) is 14.0. The second kappa shape index (κ2) is 11.6. The van der Waals surface area contributed by atoms with Crippen molar-refractivity contribution in [3.63, 3.8) is 0 Å². The molecule has 2 heterocycles. The van der Waals surface area contributed by atoms with E-state index in [1.807, 2.05) is 54.6 Å². The lowest BCUT2D eigenvalue weighted by molar-refractivity contribution is -0.138. The fourth-order valence-corrected chi connectivity index (χ4v) is 6.74. The van der Waals surface area contributed by atoms with E-state index in [-0.39, 0.29) is 41.4 Å². The highest BCUT2D eigenvalue weighted by molar-refractivity contribution is 6.32. The number of phenols is 1. The predicted molar refractivity (Wildman–Crippen MR) is 158 cm³/mol. The van der Waals surface area contributed by atoms with Crippen LogP contribution in [0, 0.1) is 17.8 Å². The molecule has 41 heavy (non-hydrogen) atoms. The molecule has 2 saturated heterocycles. The van der Waals surface area contributed by atoms with E-state index in [9.17, 15) is 14.7 Å². The van der Waals surface area contributed by atoms with E-state index in [4.69, 9.17) is 21.1 Å². The standard InChI is InChI=1S/C34H32ClNO5/c1-36-33(38)27-17-24(19-40-26-10-6-3-7-11-26)31-28(32(27)34(36)39)20-41-30(31)15-13-22(21-8-4-2-5-9-21)16-23-12-14-25(37)18-29(23)35/h2-12,14,16,18,27-28,30,32,37H,13,15,17,19-20H2,1H3/b22-16-/t27-,28+,30-,32-/m1/s1. The third-order valence-electron chi connectivity index (χ3n) is 8.52. The van der Waals surface area contributed by atoms with Crippen LogP contribution in [0.25, 0.3) is 11.6 Å². The zero-order chi connectivity index (χ0) is 28.5. The average molecular weight is 570 g/mol. The summed E-state index contributed by atoms with van der Waals surface area (Å²) >= 11 is 6.46. The Hall–Kier alpha value is -3.87. The second-order valence-electron chi connectivity index (χ2n) is 10.9. The van der Waals surface area contributed by atoms with Crippen LogP contribution in [0.2, 0.25) is 5.02 Å². The summed E-state index contributed by atoms with van der Waals surface area (Å²) in [4.78, 5) is 27.4. The number of ether oxygens (including phenoxy) is 2. The maximum Gasteiger partial charge on any atom is 0.233 e. The first-order valence-corrected chi connectivity index (χ1v) is 14.4. The molecule has 7 heteroatoms. The molecule has 1 aliphatic carbocycles. The van der Waals surface area contributed by atoms with E-state index < -0.39 is 0 Å². The number of rotatable bonds is 8. The van der Waals surface area contributed by atoms with Crippen molar-refractivity contribution in [2.75, 3.05) is 20.3 Å². The SMILES string of the molecule is CN1C(=O)[C@@H]2[C@@H](CC(COc3ccccc3)=C3[C@@H](CC/C(=C/c4ccc(O)cc4Cl)c4ccccc4)OC[C@@H]32)C1=O. The summed E-state index contributed by atoms with van der Waals surface area (Å²) in [5.74, 6) is -0.216. The molecule has 3 aromatic rings. The van der Waals surface area contributed by atoms with Gasteiger partial charge in [-0.25, -0.2) is 0 Å². The summed E-state index contributed by atoms with van der Waals surface area (Å²) in [6.07, 6.45) is 3.78. The molecule has 1 N–H and O–H groups in total. The third kappa shape index (κ3) is 5.42. The van der Waals surface area contributed by atoms with Crippen molar-refractivity contribution in [2.24, 2.45) is 17.8 Å². The topological polar surface area (TPSA) is 76.1 Å². The van der Waals surface area contributed by atoms with E-state index in [0.717, 1.165) is 33.6 Å². The van der Waals surface area contributed by atoms with Crippen molar-refractivity contribution >= 4 is 35.1 Å². The average Bonchev–Trinajstić information content (AvgIpc) is 3.51. The van der Waals surface area contributed by atoms with Crippen molar-refractivity contribution < 1.29 is 24.2 Å². The molecule has 2 fully saturated rings. The molecule has 6 nitrogen and oxygen atoms in total. The molecular weight excluding hydrogens is 538 g/mol. The van der Waals surface area contributed by atoms with Crippen LogP contribution in [-0.4, -0.2) is 48.2 Å². The van der Waals surface area contributed by atoms with Gasteiger partial charge in [0, 0.05) is 13.0 Å². The summed E-state index contributed by atoms with van der Waals surface area (Å²) in [7, 11) is 1.58. The van der Waals surface area contributed by atoms with E-state index in [1.54, 1.807) is 19.2 Å². The smallest absolute Gasteiger partial charge is 0.233 e. The normalized spacial score (nSPS) is 24.0. The zero-order valence-electron chi connectivity index (χ0n) is 22.8. The Morgan fingerprint density at radius 2 is 1.76 bits per heavy atom. The first kappa shape index (κ1) is 27.3. The number of carbonyl (C=O) groups excluding carboxylic acids is 2. The number of carbonyl (C=O) groups is 2. The number of benzene rings is 3. The number of aromatic hydroxyl groups is 1. The van der Waals surface area contributed by atoms with Gasteiger partial charge in [0.05, 0.1) is 29.6 Å². The molecule has 4 atom stereocenters. The van der Waals surface area contributed by atoms with Crippen LogP contribution in [0.1, 0.15) is 30.4 Å². The molecule has 0 saturated carbocycles. The monoisotopic (exact) mass is 569 g/mol. The highest BCUT2D eigenvalue weighted by Crippen LogP contribution is 2.50. The molecule has 6 rings (SSSR count). The number of allylic oxidation sites excluding steroid dienone is 1. The molecule has 0 bridgehead atoms.